The number of benzene rings is 1. The quantitative estimate of drug-likeness (QED) is 0.582. The van der Waals surface area contributed by atoms with Gasteiger partial charge in [-0.15, -0.1) is 0 Å². The SMILES string of the molecule is COc1ccc2c(O[C@@H]3C[C@@H](C(N)=O)N(C(=O)[C@@H](NC(=O)OC(C)(C)C)C4CCCC4)C3)nccc2c1. The van der Waals surface area contributed by atoms with Crippen molar-refractivity contribution in [2.45, 2.75) is 76.7 Å². The molecule has 2 fully saturated rings. The zero-order valence-electron chi connectivity index (χ0n) is 21.9. The zero-order valence-corrected chi connectivity index (χ0v) is 21.9. The number of pyridine rings is 1. The van der Waals surface area contributed by atoms with E-state index in [9.17, 15) is 14.4 Å². The Morgan fingerprint density at radius 1 is 1.16 bits per heavy atom. The van der Waals surface area contributed by atoms with Crippen LogP contribution in [0.2, 0.25) is 0 Å². The van der Waals surface area contributed by atoms with Crippen LogP contribution in [0.4, 0.5) is 4.79 Å². The fraction of sp³-hybridized carbons (Fsp3) is 0.556. The Labute approximate surface area is 216 Å². The zero-order chi connectivity index (χ0) is 26.7. The second-order valence-corrected chi connectivity index (χ2v) is 10.8. The summed E-state index contributed by atoms with van der Waals surface area (Å²) in [6.45, 7) is 5.45. The molecule has 1 saturated carbocycles. The number of methoxy groups -OCH3 is 1. The van der Waals surface area contributed by atoms with E-state index in [0.717, 1.165) is 36.5 Å². The highest BCUT2D eigenvalue weighted by atomic mass is 16.6. The number of aromatic nitrogens is 1. The monoisotopic (exact) mass is 512 g/mol. The van der Waals surface area contributed by atoms with Crippen LogP contribution in [0, 0.1) is 5.92 Å². The second kappa shape index (κ2) is 10.8. The summed E-state index contributed by atoms with van der Waals surface area (Å²) in [4.78, 5) is 44.6. The maximum atomic E-state index is 13.8. The normalized spacial score (nSPS) is 21.0. The third-order valence-corrected chi connectivity index (χ3v) is 6.90. The Kier molecular flexibility index (Phi) is 7.75. The summed E-state index contributed by atoms with van der Waals surface area (Å²) in [6, 6.07) is 5.77. The fourth-order valence-electron chi connectivity index (χ4n) is 5.19. The van der Waals surface area contributed by atoms with Gasteiger partial charge in [0.05, 0.1) is 13.7 Å². The molecule has 1 aromatic carbocycles. The van der Waals surface area contributed by atoms with E-state index < -0.39 is 35.8 Å². The molecule has 4 rings (SSSR count). The first-order chi connectivity index (χ1) is 17.6. The Hall–Kier alpha value is -3.56. The van der Waals surface area contributed by atoms with Crippen molar-refractivity contribution < 1.29 is 28.6 Å². The number of rotatable bonds is 7. The molecule has 3 atom stereocenters. The topological polar surface area (TPSA) is 133 Å². The van der Waals surface area contributed by atoms with Crippen LogP contribution in [-0.4, -0.2) is 65.2 Å². The van der Waals surface area contributed by atoms with Crippen LogP contribution < -0.4 is 20.5 Å². The first kappa shape index (κ1) is 26.5. The molecule has 1 aromatic heterocycles. The predicted octanol–water partition coefficient (Wildman–Crippen LogP) is 3.16. The van der Waals surface area contributed by atoms with E-state index in [0.29, 0.717) is 11.6 Å². The minimum atomic E-state index is -0.850. The summed E-state index contributed by atoms with van der Waals surface area (Å²) in [7, 11) is 1.60. The summed E-state index contributed by atoms with van der Waals surface area (Å²) < 4.78 is 16.9. The van der Waals surface area contributed by atoms with Crippen LogP contribution in [0.3, 0.4) is 0 Å². The number of fused-ring (bicyclic) bond motifs is 1. The van der Waals surface area contributed by atoms with Crippen LogP contribution in [-0.2, 0) is 14.3 Å². The molecule has 1 aliphatic heterocycles. The molecule has 2 aliphatic rings. The molecule has 0 unspecified atom stereocenters. The molecule has 0 radical (unpaired) electrons. The van der Waals surface area contributed by atoms with Crippen LogP contribution in [0.15, 0.2) is 30.5 Å². The average Bonchev–Trinajstić information content (AvgIpc) is 3.51. The Bertz CT molecular complexity index is 1160. The van der Waals surface area contributed by atoms with Crippen molar-refractivity contribution in [3.8, 4) is 11.6 Å². The fourth-order valence-corrected chi connectivity index (χ4v) is 5.19. The molecule has 1 saturated heterocycles. The third kappa shape index (κ3) is 6.23. The van der Waals surface area contributed by atoms with Crippen molar-refractivity contribution in [2.75, 3.05) is 13.7 Å². The molecule has 2 heterocycles. The van der Waals surface area contributed by atoms with Crippen molar-refractivity contribution in [3.63, 3.8) is 0 Å². The van der Waals surface area contributed by atoms with Crippen LogP contribution in [0.25, 0.3) is 10.8 Å². The Balaban J connectivity index is 1.54. The van der Waals surface area contributed by atoms with Crippen LogP contribution in [0.1, 0.15) is 52.9 Å². The number of ether oxygens (including phenoxy) is 3. The molecule has 10 heteroatoms. The maximum absolute atomic E-state index is 13.8. The van der Waals surface area contributed by atoms with Gasteiger partial charge in [0.15, 0.2) is 0 Å². The lowest BCUT2D eigenvalue weighted by Gasteiger charge is -2.31. The van der Waals surface area contributed by atoms with Gasteiger partial charge in [-0.3, -0.25) is 9.59 Å². The predicted molar refractivity (Wildman–Crippen MR) is 137 cm³/mol. The van der Waals surface area contributed by atoms with Crippen molar-refractivity contribution in [1.29, 1.82) is 0 Å². The number of carbonyl (C=O) groups is 3. The van der Waals surface area contributed by atoms with E-state index in [1.54, 1.807) is 34.1 Å². The van der Waals surface area contributed by atoms with E-state index >= 15 is 0 Å². The van der Waals surface area contributed by atoms with E-state index in [2.05, 4.69) is 10.3 Å². The number of alkyl carbamates (subject to hydrolysis) is 1. The highest BCUT2D eigenvalue weighted by Gasteiger charge is 2.45. The molecule has 1 aliphatic carbocycles. The van der Waals surface area contributed by atoms with Crippen LogP contribution in [0.5, 0.6) is 11.6 Å². The van der Waals surface area contributed by atoms with E-state index in [4.69, 9.17) is 19.9 Å². The molecule has 200 valence electrons. The van der Waals surface area contributed by atoms with E-state index in [-0.39, 0.29) is 24.8 Å². The summed E-state index contributed by atoms with van der Waals surface area (Å²) in [5.74, 6) is 0.123. The van der Waals surface area contributed by atoms with Crippen molar-refractivity contribution >= 4 is 28.7 Å². The van der Waals surface area contributed by atoms with Crippen LogP contribution >= 0.6 is 0 Å². The number of nitrogens with two attached hydrogens (primary N) is 1. The molecule has 37 heavy (non-hydrogen) atoms. The third-order valence-electron chi connectivity index (χ3n) is 6.90. The molecular formula is C27H36N4O6. The van der Waals surface area contributed by atoms with Gasteiger partial charge in [0.25, 0.3) is 0 Å². The smallest absolute Gasteiger partial charge is 0.408 e. The number of carbonyl (C=O) groups excluding carboxylic acids is 3. The standard InChI is InChI=1S/C27H36N4O6/c1-27(2,3)37-26(34)30-22(16-7-5-6-8-16)25(33)31-15-19(14-21(31)23(28)32)36-24-20-10-9-18(35-4)13-17(20)11-12-29-24/h9-13,16,19,21-22H,5-8,14-15H2,1-4H3,(H2,28,32)(H,30,34)/t19-,21+,22+/m1/s1. The Morgan fingerprint density at radius 3 is 2.54 bits per heavy atom. The summed E-state index contributed by atoms with van der Waals surface area (Å²) in [5, 5.41) is 4.47. The minimum Gasteiger partial charge on any atom is -0.497 e. The molecule has 0 spiro atoms. The molecule has 0 bridgehead atoms. The van der Waals surface area contributed by atoms with Gasteiger partial charge in [-0.2, -0.15) is 0 Å². The lowest BCUT2D eigenvalue weighted by Crippen LogP contribution is -2.55. The van der Waals surface area contributed by atoms with Gasteiger partial charge in [0.2, 0.25) is 17.7 Å². The lowest BCUT2D eigenvalue weighted by molar-refractivity contribution is -0.140. The highest BCUT2D eigenvalue weighted by Crippen LogP contribution is 2.33. The van der Waals surface area contributed by atoms with Gasteiger partial charge in [0, 0.05) is 18.0 Å². The van der Waals surface area contributed by atoms with Gasteiger partial charge >= 0.3 is 6.09 Å². The Morgan fingerprint density at radius 2 is 1.89 bits per heavy atom. The molecular weight excluding hydrogens is 476 g/mol. The van der Waals surface area contributed by atoms with Crippen molar-refractivity contribution in [3.05, 3.63) is 30.5 Å². The van der Waals surface area contributed by atoms with Gasteiger partial charge in [-0.25, -0.2) is 9.78 Å². The number of hydrogen-bond donors (Lipinski definition) is 2. The maximum Gasteiger partial charge on any atom is 0.408 e. The highest BCUT2D eigenvalue weighted by molar-refractivity contribution is 5.92. The summed E-state index contributed by atoms with van der Waals surface area (Å²) >= 11 is 0. The summed E-state index contributed by atoms with van der Waals surface area (Å²) in [5.41, 5.74) is 5.01. The van der Waals surface area contributed by atoms with Gasteiger partial charge < -0.3 is 30.2 Å². The summed E-state index contributed by atoms with van der Waals surface area (Å²) in [6.07, 6.45) is 4.30. The number of primary amides is 1. The van der Waals surface area contributed by atoms with Gasteiger partial charge in [-0.1, -0.05) is 12.8 Å². The van der Waals surface area contributed by atoms with Crippen molar-refractivity contribution in [1.82, 2.24) is 15.2 Å². The molecule has 10 nitrogen and oxygen atoms in total. The molecule has 2 aromatic rings. The van der Waals surface area contributed by atoms with E-state index in [1.165, 1.54) is 4.90 Å². The second-order valence-electron chi connectivity index (χ2n) is 10.8. The first-order valence-electron chi connectivity index (χ1n) is 12.7. The van der Waals surface area contributed by atoms with Gasteiger partial charge in [-0.05, 0) is 69.2 Å². The number of amides is 3. The minimum absolute atomic E-state index is 0.0387. The van der Waals surface area contributed by atoms with Crippen molar-refractivity contribution in [2.24, 2.45) is 11.7 Å². The number of nitrogens with one attached hydrogen (secondary N) is 1. The average molecular weight is 513 g/mol. The number of likely N-dealkylation sites (tertiary alicyclic amines) is 1. The van der Waals surface area contributed by atoms with E-state index in [1.807, 2.05) is 24.3 Å². The molecule has 3 amide bonds. The first-order valence-corrected chi connectivity index (χ1v) is 12.7. The lowest BCUT2D eigenvalue weighted by atomic mass is 9.96. The molecule has 3 N–H and O–H groups in total. The van der Waals surface area contributed by atoms with Gasteiger partial charge in [0.1, 0.15) is 29.5 Å². The number of nitrogens with zero attached hydrogens (tertiary/aromatic N) is 2. The largest absolute Gasteiger partial charge is 0.497 e. The number of hydrogen-bond acceptors (Lipinski definition) is 7.